The van der Waals surface area contributed by atoms with Crippen molar-refractivity contribution in [2.24, 2.45) is 5.73 Å². The van der Waals surface area contributed by atoms with Crippen molar-refractivity contribution >= 4 is 11.3 Å². The topological polar surface area (TPSA) is 42.1 Å². The fraction of sp³-hybridized carbons (Fsp3) is 0.750. The van der Waals surface area contributed by atoms with Crippen LogP contribution in [0.1, 0.15) is 36.9 Å². The molecule has 0 bridgehead atoms. The van der Waals surface area contributed by atoms with Gasteiger partial charge in [0, 0.05) is 24.4 Å². The van der Waals surface area contributed by atoms with Gasteiger partial charge >= 0.3 is 0 Å². The number of aromatic nitrogens is 1. The summed E-state index contributed by atoms with van der Waals surface area (Å²) >= 11 is 1.75. The highest BCUT2D eigenvalue weighted by atomic mass is 32.1. The van der Waals surface area contributed by atoms with E-state index in [1.807, 2.05) is 0 Å². The minimum Gasteiger partial charge on any atom is -0.330 e. The van der Waals surface area contributed by atoms with Gasteiger partial charge in [0.1, 0.15) is 0 Å². The van der Waals surface area contributed by atoms with E-state index in [0.717, 1.165) is 19.0 Å². The van der Waals surface area contributed by atoms with E-state index < -0.39 is 0 Å². The van der Waals surface area contributed by atoms with Gasteiger partial charge in [-0.25, -0.2) is 4.98 Å². The van der Waals surface area contributed by atoms with Gasteiger partial charge in [-0.05, 0) is 32.4 Å². The van der Waals surface area contributed by atoms with Gasteiger partial charge in [-0.15, -0.1) is 11.3 Å². The average molecular weight is 239 g/mol. The molecule has 1 atom stereocenters. The second kappa shape index (κ2) is 5.75. The van der Waals surface area contributed by atoms with Crippen LogP contribution in [0.3, 0.4) is 0 Å². The zero-order valence-electron chi connectivity index (χ0n) is 9.98. The fourth-order valence-corrected chi connectivity index (χ4v) is 3.24. The third-order valence-electron chi connectivity index (χ3n) is 3.29. The molecule has 4 heteroatoms. The predicted octanol–water partition coefficient (Wildman–Crippen LogP) is 2.02. The number of rotatable bonds is 5. The summed E-state index contributed by atoms with van der Waals surface area (Å²) in [6.07, 6.45) is 4.89. The van der Waals surface area contributed by atoms with Crippen molar-refractivity contribution in [1.29, 1.82) is 0 Å². The molecule has 0 saturated carbocycles. The van der Waals surface area contributed by atoms with Crippen molar-refractivity contribution in [3.05, 3.63) is 16.1 Å². The zero-order chi connectivity index (χ0) is 11.4. The van der Waals surface area contributed by atoms with Crippen LogP contribution in [0.15, 0.2) is 5.38 Å². The fourth-order valence-electron chi connectivity index (χ4n) is 2.43. The van der Waals surface area contributed by atoms with E-state index >= 15 is 0 Å². The molecule has 1 fully saturated rings. The maximum absolute atomic E-state index is 5.53. The van der Waals surface area contributed by atoms with Crippen molar-refractivity contribution in [3.63, 3.8) is 0 Å². The molecule has 1 unspecified atom stereocenters. The van der Waals surface area contributed by atoms with Gasteiger partial charge in [0.15, 0.2) is 0 Å². The normalized spacial score (nSPS) is 21.8. The monoisotopic (exact) mass is 239 g/mol. The van der Waals surface area contributed by atoms with E-state index in [1.54, 1.807) is 11.3 Å². The van der Waals surface area contributed by atoms with Crippen LogP contribution in [0.25, 0.3) is 0 Å². The third kappa shape index (κ3) is 2.81. The number of hydrogen-bond donors (Lipinski definition) is 1. The van der Waals surface area contributed by atoms with E-state index in [0.29, 0.717) is 6.54 Å². The maximum Gasteiger partial charge on any atom is 0.0941 e. The largest absolute Gasteiger partial charge is 0.330 e. The summed E-state index contributed by atoms with van der Waals surface area (Å²) in [5.41, 5.74) is 6.76. The zero-order valence-corrected chi connectivity index (χ0v) is 10.8. The van der Waals surface area contributed by atoms with E-state index in [-0.39, 0.29) is 0 Å². The Morgan fingerprint density at radius 2 is 2.50 bits per heavy atom. The Hall–Kier alpha value is -0.450. The predicted molar refractivity (Wildman–Crippen MR) is 68.6 cm³/mol. The van der Waals surface area contributed by atoms with Crippen molar-refractivity contribution in [2.75, 3.05) is 13.1 Å². The maximum atomic E-state index is 5.53. The van der Waals surface area contributed by atoms with Gasteiger partial charge < -0.3 is 5.73 Å². The lowest BCUT2D eigenvalue weighted by Crippen LogP contribution is -2.28. The van der Waals surface area contributed by atoms with Crippen LogP contribution in [-0.2, 0) is 13.0 Å². The lowest BCUT2D eigenvalue weighted by atomic mass is 10.2. The first-order valence-electron chi connectivity index (χ1n) is 6.21. The molecule has 16 heavy (non-hydrogen) atoms. The number of nitrogens with zero attached hydrogens (tertiary/aromatic N) is 2. The first kappa shape index (κ1) is 12.0. The van der Waals surface area contributed by atoms with E-state index in [9.17, 15) is 0 Å². The summed E-state index contributed by atoms with van der Waals surface area (Å²) in [7, 11) is 0. The van der Waals surface area contributed by atoms with Crippen LogP contribution < -0.4 is 5.73 Å². The molecule has 1 aliphatic heterocycles. The van der Waals surface area contributed by atoms with E-state index in [1.165, 1.54) is 36.5 Å². The molecule has 0 aromatic carbocycles. The molecule has 0 aliphatic carbocycles. The Kier molecular flexibility index (Phi) is 4.32. The SMILES string of the molecule is CCC1CCCN1Cc1csc(CCN)n1. The van der Waals surface area contributed by atoms with Gasteiger partial charge in [0.25, 0.3) is 0 Å². The molecule has 1 aromatic rings. The standard InChI is InChI=1S/C12H21N3S/c1-2-11-4-3-7-15(11)8-10-9-16-12(14-10)5-6-13/h9,11H,2-8,13H2,1H3. The van der Waals surface area contributed by atoms with Gasteiger partial charge in [-0.2, -0.15) is 0 Å². The lowest BCUT2D eigenvalue weighted by Gasteiger charge is -2.21. The number of hydrogen-bond acceptors (Lipinski definition) is 4. The van der Waals surface area contributed by atoms with Gasteiger partial charge in [-0.3, -0.25) is 4.90 Å². The summed E-state index contributed by atoms with van der Waals surface area (Å²) in [5, 5.41) is 3.38. The molecule has 3 nitrogen and oxygen atoms in total. The average Bonchev–Trinajstić information content (AvgIpc) is 2.89. The van der Waals surface area contributed by atoms with Crippen LogP contribution in [0.5, 0.6) is 0 Å². The second-order valence-corrected chi connectivity index (χ2v) is 5.39. The Labute approximate surface area is 102 Å². The molecule has 2 N–H and O–H groups in total. The molecular weight excluding hydrogens is 218 g/mol. The highest BCUT2D eigenvalue weighted by Crippen LogP contribution is 2.22. The summed E-state index contributed by atoms with van der Waals surface area (Å²) in [5.74, 6) is 0. The van der Waals surface area contributed by atoms with Gasteiger partial charge in [-0.1, -0.05) is 6.92 Å². The van der Waals surface area contributed by atoms with Gasteiger partial charge in [0.2, 0.25) is 0 Å². The molecule has 90 valence electrons. The molecule has 1 aliphatic rings. The minimum atomic E-state index is 0.703. The molecule has 0 radical (unpaired) electrons. The highest BCUT2D eigenvalue weighted by molar-refractivity contribution is 7.09. The molecular formula is C12H21N3S. The lowest BCUT2D eigenvalue weighted by molar-refractivity contribution is 0.237. The Bertz CT molecular complexity index is 324. The van der Waals surface area contributed by atoms with Crippen molar-refractivity contribution in [2.45, 2.75) is 45.2 Å². The first-order chi connectivity index (χ1) is 7.83. The smallest absolute Gasteiger partial charge is 0.0941 e. The minimum absolute atomic E-state index is 0.703. The summed E-state index contributed by atoms with van der Waals surface area (Å²) in [4.78, 5) is 7.20. The van der Waals surface area contributed by atoms with Crippen LogP contribution in [0, 0.1) is 0 Å². The summed E-state index contributed by atoms with van der Waals surface area (Å²) in [6.45, 7) is 5.25. The third-order valence-corrected chi connectivity index (χ3v) is 4.25. The summed E-state index contributed by atoms with van der Waals surface area (Å²) < 4.78 is 0. The Morgan fingerprint density at radius 3 is 3.25 bits per heavy atom. The van der Waals surface area contributed by atoms with E-state index in [2.05, 4.69) is 22.2 Å². The van der Waals surface area contributed by atoms with Crippen LogP contribution in [-0.4, -0.2) is 29.0 Å². The number of likely N-dealkylation sites (tertiary alicyclic amines) is 1. The van der Waals surface area contributed by atoms with Crippen molar-refractivity contribution in [3.8, 4) is 0 Å². The quantitative estimate of drug-likeness (QED) is 0.855. The van der Waals surface area contributed by atoms with Crippen molar-refractivity contribution in [1.82, 2.24) is 9.88 Å². The Balaban J connectivity index is 1.92. The van der Waals surface area contributed by atoms with Gasteiger partial charge in [0.05, 0.1) is 10.7 Å². The van der Waals surface area contributed by atoms with Crippen LogP contribution in [0.4, 0.5) is 0 Å². The van der Waals surface area contributed by atoms with Crippen LogP contribution >= 0.6 is 11.3 Å². The molecule has 0 amide bonds. The number of nitrogens with two attached hydrogens (primary N) is 1. The summed E-state index contributed by atoms with van der Waals surface area (Å²) in [6, 6.07) is 0.777. The van der Waals surface area contributed by atoms with E-state index in [4.69, 9.17) is 5.73 Å². The second-order valence-electron chi connectivity index (χ2n) is 4.45. The first-order valence-corrected chi connectivity index (χ1v) is 7.08. The molecule has 2 heterocycles. The molecule has 2 rings (SSSR count). The van der Waals surface area contributed by atoms with Crippen molar-refractivity contribution < 1.29 is 0 Å². The van der Waals surface area contributed by atoms with Crippen LogP contribution in [0.2, 0.25) is 0 Å². The highest BCUT2D eigenvalue weighted by Gasteiger charge is 2.23. The molecule has 0 spiro atoms. The molecule has 1 aromatic heterocycles. The Morgan fingerprint density at radius 1 is 1.62 bits per heavy atom. The molecule has 1 saturated heterocycles. The number of thiazole rings is 1.